The van der Waals surface area contributed by atoms with Gasteiger partial charge in [-0.3, -0.25) is 4.79 Å². The van der Waals surface area contributed by atoms with Crippen LogP contribution in [0.1, 0.15) is 21.5 Å². The summed E-state index contributed by atoms with van der Waals surface area (Å²) in [5, 5.41) is 13.2. The van der Waals surface area contributed by atoms with Crippen LogP contribution in [0.3, 0.4) is 0 Å². The van der Waals surface area contributed by atoms with Gasteiger partial charge in [0.15, 0.2) is 12.3 Å². The molecule has 128 valence electrons. The molecule has 2 aromatic rings. The van der Waals surface area contributed by atoms with Crippen molar-refractivity contribution in [1.29, 1.82) is 0 Å². The second kappa shape index (κ2) is 6.69. The number of nitrogens with zero attached hydrogens (tertiary/aromatic N) is 2. The van der Waals surface area contributed by atoms with E-state index in [0.717, 1.165) is 0 Å². The molecule has 25 heavy (non-hydrogen) atoms. The summed E-state index contributed by atoms with van der Waals surface area (Å²) in [6.07, 6.45) is 1.61. The third kappa shape index (κ3) is 3.28. The standard InChI is InChI=1S/C19H16ClFN2O2/c1-22(2)10-12-11-23(25)18(15-5-3-4-6-17(15)21)16-9-13(20)7-8-14(16)19(12)24/h3-10H,11H2,1-2H3/b12-10+. The molecule has 0 atom stereocenters. The first kappa shape index (κ1) is 17.2. The Morgan fingerprint density at radius 2 is 1.88 bits per heavy atom. The highest BCUT2D eigenvalue weighted by atomic mass is 35.5. The highest BCUT2D eigenvalue weighted by molar-refractivity contribution is 6.32. The van der Waals surface area contributed by atoms with Crippen molar-refractivity contribution in [2.45, 2.75) is 0 Å². The number of rotatable bonds is 2. The lowest BCUT2D eigenvalue weighted by Crippen LogP contribution is -2.21. The van der Waals surface area contributed by atoms with Crippen LogP contribution >= 0.6 is 11.6 Å². The zero-order chi connectivity index (χ0) is 18.1. The molecule has 0 spiro atoms. The first-order valence-electron chi connectivity index (χ1n) is 7.66. The Kier molecular flexibility index (Phi) is 4.59. The number of hydrogen-bond donors (Lipinski definition) is 0. The summed E-state index contributed by atoms with van der Waals surface area (Å²) < 4.78 is 15.0. The van der Waals surface area contributed by atoms with Crippen LogP contribution < -0.4 is 0 Å². The monoisotopic (exact) mass is 358 g/mol. The highest BCUT2D eigenvalue weighted by Crippen LogP contribution is 2.26. The Balaban J connectivity index is 2.33. The van der Waals surface area contributed by atoms with Crippen LogP contribution in [0.15, 0.2) is 54.2 Å². The van der Waals surface area contributed by atoms with Gasteiger partial charge in [0.1, 0.15) is 5.82 Å². The number of halogens is 2. The molecule has 0 amide bonds. The molecule has 0 saturated heterocycles. The van der Waals surface area contributed by atoms with Crippen molar-refractivity contribution in [1.82, 2.24) is 4.90 Å². The smallest absolute Gasteiger partial charge is 0.229 e. The highest BCUT2D eigenvalue weighted by Gasteiger charge is 2.31. The minimum absolute atomic E-state index is 0.103. The summed E-state index contributed by atoms with van der Waals surface area (Å²) in [7, 11) is 3.54. The molecule has 0 aromatic heterocycles. The van der Waals surface area contributed by atoms with Crippen molar-refractivity contribution < 1.29 is 13.9 Å². The Hall–Kier alpha value is -2.66. The Morgan fingerprint density at radius 1 is 1.16 bits per heavy atom. The summed E-state index contributed by atoms with van der Waals surface area (Å²) in [5.41, 5.74) is 1.23. The second-order valence-corrected chi connectivity index (χ2v) is 6.44. The zero-order valence-electron chi connectivity index (χ0n) is 13.8. The Morgan fingerprint density at radius 3 is 2.56 bits per heavy atom. The van der Waals surface area contributed by atoms with E-state index in [1.54, 1.807) is 49.5 Å². The predicted octanol–water partition coefficient (Wildman–Crippen LogP) is 3.47. The normalized spacial score (nSPS) is 16.0. The molecule has 3 rings (SSSR count). The van der Waals surface area contributed by atoms with Crippen LogP contribution in [0.2, 0.25) is 5.02 Å². The predicted molar refractivity (Wildman–Crippen MR) is 95.7 cm³/mol. The van der Waals surface area contributed by atoms with Crippen molar-refractivity contribution in [3.05, 3.63) is 87.0 Å². The Labute approximate surface area is 150 Å². The number of carbonyl (C=O) groups excluding carboxylic acids is 1. The number of hydroxylamine groups is 1. The van der Waals surface area contributed by atoms with Gasteiger partial charge in [-0.2, -0.15) is 4.74 Å². The van der Waals surface area contributed by atoms with Crippen LogP contribution in [0.5, 0.6) is 0 Å². The van der Waals surface area contributed by atoms with Gasteiger partial charge in [0.2, 0.25) is 5.71 Å². The van der Waals surface area contributed by atoms with Crippen LogP contribution in [-0.2, 0) is 0 Å². The van der Waals surface area contributed by atoms with E-state index in [-0.39, 0.29) is 23.6 Å². The van der Waals surface area contributed by atoms with E-state index in [1.807, 2.05) is 0 Å². The zero-order valence-corrected chi connectivity index (χ0v) is 14.5. The summed E-state index contributed by atoms with van der Waals surface area (Å²) in [6, 6.07) is 10.7. The van der Waals surface area contributed by atoms with Gasteiger partial charge in [-0.15, -0.1) is 0 Å². The fraction of sp³-hybridized carbons (Fsp3) is 0.158. The van der Waals surface area contributed by atoms with E-state index in [2.05, 4.69) is 0 Å². The Bertz CT molecular complexity index is 919. The van der Waals surface area contributed by atoms with E-state index in [9.17, 15) is 14.4 Å². The van der Waals surface area contributed by atoms with Gasteiger partial charge in [0.05, 0.1) is 16.7 Å². The average Bonchev–Trinajstić information content (AvgIpc) is 2.64. The van der Waals surface area contributed by atoms with Crippen LogP contribution in [0, 0.1) is 11.0 Å². The molecule has 0 radical (unpaired) electrons. The summed E-state index contributed by atoms with van der Waals surface area (Å²) >= 11 is 6.08. The third-order valence-corrected chi connectivity index (χ3v) is 4.11. The molecule has 1 heterocycles. The number of carbonyl (C=O) groups is 1. The van der Waals surface area contributed by atoms with E-state index in [1.165, 1.54) is 18.2 Å². The van der Waals surface area contributed by atoms with Crippen molar-refractivity contribution in [3.63, 3.8) is 0 Å². The quantitative estimate of drug-likeness (QED) is 0.469. The van der Waals surface area contributed by atoms with Crippen molar-refractivity contribution >= 4 is 23.1 Å². The molecule has 0 N–H and O–H groups in total. The molecule has 0 saturated carbocycles. The lowest BCUT2D eigenvalue weighted by atomic mass is 9.94. The first-order chi connectivity index (χ1) is 11.9. The van der Waals surface area contributed by atoms with Crippen molar-refractivity contribution in [2.24, 2.45) is 0 Å². The molecular formula is C19H16ClFN2O2. The molecule has 1 aliphatic heterocycles. The van der Waals surface area contributed by atoms with Gasteiger partial charge < -0.3 is 10.1 Å². The fourth-order valence-electron chi connectivity index (χ4n) is 2.87. The molecule has 0 unspecified atom stereocenters. The minimum Gasteiger partial charge on any atom is -0.623 e. The van der Waals surface area contributed by atoms with Crippen LogP contribution in [0.25, 0.3) is 0 Å². The van der Waals surface area contributed by atoms with Gasteiger partial charge >= 0.3 is 0 Å². The van der Waals surface area contributed by atoms with Gasteiger partial charge in [-0.05, 0) is 30.3 Å². The largest absolute Gasteiger partial charge is 0.623 e. The molecular weight excluding hydrogens is 343 g/mol. The van der Waals surface area contributed by atoms with E-state index in [4.69, 9.17) is 11.6 Å². The molecule has 2 aromatic carbocycles. The lowest BCUT2D eigenvalue weighted by Gasteiger charge is -2.11. The fourth-order valence-corrected chi connectivity index (χ4v) is 3.04. The second-order valence-electron chi connectivity index (χ2n) is 6.00. The van der Waals surface area contributed by atoms with Gasteiger partial charge in [-0.1, -0.05) is 23.7 Å². The number of Topliss-reactive ketones (excluding diaryl/α,β-unsaturated/α-hetero) is 1. The van der Waals surface area contributed by atoms with Crippen LogP contribution in [0.4, 0.5) is 4.39 Å². The lowest BCUT2D eigenvalue weighted by molar-refractivity contribution is -0.446. The molecule has 0 bridgehead atoms. The first-order valence-corrected chi connectivity index (χ1v) is 8.04. The topological polar surface area (TPSA) is 46.4 Å². The maximum absolute atomic E-state index is 14.4. The summed E-state index contributed by atoms with van der Waals surface area (Å²) in [6.45, 7) is -0.174. The minimum atomic E-state index is -0.531. The third-order valence-electron chi connectivity index (χ3n) is 3.88. The van der Waals surface area contributed by atoms with Gasteiger partial charge in [-0.25, -0.2) is 4.39 Å². The molecule has 1 aliphatic rings. The maximum atomic E-state index is 14.4. The SMILES string of the molecule is CN(C)/C=C1\C[N+]([O-])=C(c2ccccc2F)c2cc(Cl)ccc2C1=O. The molecule has 6 heteroatoms. The summed E-state index contributed by atoms with van der Waals surface area (Å²) in [4.78, 5) is 14.6. The molecule has 0 aliphatic carbocycles. The molecule has 4 nitrogen and oxygen atoms in total. The maximum Gasteiger partial charge on any atom is 0.229 e. The van der Waals surface area contributed by atoms with Gasteiger partial charge in [0.25, 0.3) is 0 Å². The number of hydrogen-bond acceptors (Lipinski definition) is 3. The van der Waals surface area contributed by atoms with E-state index >= 15 is 0 Å². The summed E-state index contributed by atoms with van der Waals surface area (Å²) in [5.74, 6) is -0.802. The van der Waals surface area contributed by atoms with Crippen LogP contribution in [-0.4, -0.2) is 41.8 Å². The van der Waals surface area contributed by atoms with E-state index in [0.29, 0.717) is 26.5 Å². The number of fused-ring (bicyclic) bond motifs is 1. The van der Waals surface area contributed by atoms with Gasteiger partial charge in [0, 0.05) is 30.9 Å². The van der Waals surface area contributed by atoms with Crippen molar-refractivity contribution in [3.8, 4) is 0 Å². The number of ketones is 1. The van der Waals surface area contributed by atoms with E-state index < -0.39 is 5.82 Å². The molecule has 0 fully saturated rings. The average molecular weight is 359 g/mol. The number of benzene rings is 2. The van der Waals surface area contributed by atoms with Crippen molar-refractivity contribution in [2.75, 3.05) is 20.6 Å².